The third-order valence-corrected chi connectivity index (χ3v) is 3.66. The van der Waals surface area contributed by atoms with E-state index in [1.54, 1.807) is 37.8 Å². The van der Waals surface area contributed by atoms with Crippen molar-refractivity contribution in [1.29, 1.82) is 0 Å². The van der Waals surface area contributed by atoms with Gasteiger partial charge in [0.25, 0.3) is 0 Å². The van der Waals surface area contributed by atoms with E-state index >= 15 is 0 Å². The zero-order valence-corrected chi connectivity index (χ0v) is 14.1. The van der Waals surface area contributed by atoms with Gasteiger partial charge < -0.3 is 14.7 Å². The molecule has 0 spiro atoms. The molecule has 130 valence electrons. The number of carboxylic acid groups (broad SMARTS) is 1. The molecule has 1 fully saturated rings. The normalized spacial score (nSPS) is 16.9. The van der Waals surface area contributed by atoms with Crippen LogP contribution in [0.1, 0.15) is 39.2 Å². The summed E-state index contributed by atoms with van der Waals surface area (Å²) in [5.74, 6) is -1.34. The molecule has 1 aromatic rings. The van der Waals surface area contributed by atoms with E-state index in [4.69, 9.17) is 4.74 Å². The highest BCUT2D eigenvalue weighted by atomic mass is 19.1. The number of rotatable bonds is 3. The summed E-state index contributed by atoms with van der Waals surface area (Å²) in [6, 6.07) is 5.74. The van der Waals surface area contributed by atoms with E-state index < -0.39 is 17.7 Å². The van der Waals surface area contributed by atoms with Crippen molar-refractivity contribution in [3.05, 3.63) is 41.2 Å². The molecular formula is C18H22FNO4. The predicted octanol–water partition coefficient (Wildman–Crippen LogP) is 3.69. The standard InChI is InChI=1S/C18H22FNO4/c1-18(2,3)24-17(23)20-9-8-13(11-20)15(10-16(21)22)12-4-6-14(19)7-5-12/h4-7H,8-11H2,1-3H3,(H,21,22). The molecule has 5 nitrogen and oxygen atoms in total. The Morgan fingerprint density at radius 1 is 1.25 bits per heavy atom. The third kappa shape index (κ3) is 4.81. The Balaban J connectivity index is 2.24. The molecule has 1 aliphatic heterocycles. The lowest BCUT2D eigenvalue weighted by Crippen LogP contribution is -2.34. The van der Waals surface area contributed by atoms with Crippen LogP contribution >= 0.6 is 0 Å². The molecule has 1 heterocycles. The molecule has 1 aromatic carbocycles. The Morgan fingerprint density at radius 3 is 2.42 bits per heavy atom. The maximum Gasteiger partial charge on any atom is 0.410 e. The maximum absolute atomic E-state index is 13.1. The van der Waals surface area contributed by atoms with Crippen molar-refractivity contribution in [2.24, 2.45) is 0 Å². The summed E-state index contributed by atoms with van der Waals surface area (Å²) in [6.07, 6.45) is 0.00815. The molecule has 0 aliphatic carbocycles. The fourth-order valence-corrected chi connectivity index (χ4v) is 2.62. The molecular weight excluding hydrogens is 313 g/mol. The van der Waals surface area contributed by atoms with Crippen molar-refractivity contribution >= 4 is 17.6 Å². The Hall–Kier alpha value is -2.37. The first-order valence-corrected chi connectivity index (χ1v) is 7.82. The highest BCUT2D eigenvalue weighted by Crippen LogP contribution is 2.29. The molecule has 24 heavy (non-hydrogen) atoms. The van der Waals surface area contributed by atoms with E-state index in [1.165, 1.54) is 12.1 Å². The van der Waals surface area contributed by atoms with Crippen LogP contribution in [0.25, 0.3) is 5.57 Å². The monoisotopic (exact) mass is 335 g/mol. The summed E-state index contributed by atoms with van der Waals surface area (Å²) >= 11 is 0. The molecule has 1 aliphatic rings. The highest BCUT2D eigenvalue weighted by molar-refractivity contribution is 5.86. The average molecular weight is 335 g/mol. The van der Waals surface area contributed by atoms with Crippen LogP contribution in [0.4, 0.5) is 9.18 Å². The van der Waals surface area contributed by atoms with Gasteiger partial charge in [-0.15, -0.1) is 0 Å². The van der Waals surface area contributed by atoms with Gasteiger partial charge in [0.15, 0.2) is 0 Å². The molecule has 0 radical (unpaired) electrons. The summed E-state index contributed by atoms with van der Waals surface area (Å²) in [4.78, 5) is 24.9. The maximum atomic E-state index is 13.1. The van der Waals surface area contributed by atoms with Crippen LogP contribution in [-0.4, -0.2) is 40.8 Å². The second kappa shape index (κ2) is 7.03. The van der Waals surface area contributed by atoms with Crippen molar-refractivity contribution < 1.29 is 23.8 Å². The minimum absolute atomic E-state index is 0.164. The van der Waals surface area contributed by atoms with Gasteiger partial charge in [-0.1, -0.05) is 12.1 Å². The van der Waals surface area contributed by atoms with Crippen LogP contribution in [-0.2, 0) is 9.53 Å². The van der Waals surface area contributed by atoms with Gasteiger partial charge in [-0.2, -0.15) is 0 Å². The van der Waals surface area contributed by atoms with Gasteiger partial charge in [-0.3, -0.25) is 4.79 Å². The van der Waals surface area contributed by atoms with Gasteiger partial charge in [-0.25, -0.2) is 9.18 Å². The van der Waals surface area contributed by atoms with Crippen molar-refractivity contribution in [2.75, 3.05) is 13.1 Å². The molecule has 0 atom stereocenters. The van der Waals surface area contributed by atoms with Crippen LogP contribution in [0.5, 0.6) is 0 Å². The number of hydrogen-bond acceptors (Lipinski definition) is 3. The van der Waals surface area contributed by atoms with E-state index in [9.17, 15) is 19.1 Å². The van der Waals surface area contributed by atoms with Gasteiger partial charge >= 0.3 is 12.1 Å². The fourth-order valence-electron chi connectivity index (χ4n) is 2.62. The quantitative estimate of drug-likeness (QED) is 0.915. The second-order valence-electron chi connectivity index (χ2n) is 6.81. The van der Waals surface area contributed by atoms with Gasteiger partial charge in [-0.05, 0) is 56.0 Å². The molecule has 1 N–H and O–H groups in total. The molecule has 6 heteroatoms. The Bertz CT molecular complexity index is 659. The minimum atomic E-state index is -0.961. The number of carbonyl (C=O) groups is 2. The van der Waals surface area contributed by atoms with Gasteiger partial charge in [0.1, 0.15) is 11.4 Å². The average Bonchev–Trinajstić information content (AvgIpc) is 2.93. The number of nitrogens with zero attached hydrogens (tertiary/aromatic N) is 1. The van der Waals surface area contributed by atoms with E-state index in [1.807, 2.05) is 0 Å². The van der Waals surface area contributed by atoms with E-state index in [0.717, 1.165) is 5.57 Å². The number of halogens is 1. The van der Waals surface area contributed by atoms with Gasteiger partial charge in [0.2, 0.25) is 0 Å². The molecule has 0 saturated carbocycles. The predicted molar refractivity (Wildman–Crippen MR) is 88.0 cm³/mol. The third-order valence-electron chi connectivity index (χ3n) is 3.66. The van der Waals surface area contributed by atoms with Gasteiger partial charge in [0.05, 0.1) is 6.42 Å². The lowest BCUT2D eigenvalue weighted by atomic mass is 9.96. The molecule has 0 unspecified atom stereocenters. The van der Waals surface area contributed by atoms with Gasteiger partial charge in [0, 0.05) is 13.1 Å². The first kappa shape index (κ1) is 18.0. The van der Waals surface area contributed by atoms with E-state index in [2.05, 4.69) is 0 Å². The smallest absolute Gasteiger partial charge is 0.410 e. The number of likely N-dealkylation sites (tertiary alicyclic amines) is 1. The molecule has 2 rings (SSSR count). The SMILES string of the molecule is CC(C)(C)OC(=O)N1CCC(=C(CC(=O)O)c2ccc(F)cc2)C1. The van der Waals surface area contributed by atoms with Crippen molar-refractivity contribution in [1.82, 2.24) is 4.90 Å². The molecule has 0 bridgehead atoms. The summed E-state index contributed by atoms with van der Waals surface area (Å²) in [6.45, 7) is 6.20. The minimum Gasteiger partial charge on any atom is -0.481 e. The number of benzene rings is 1. The number of ether oxygens (including phenoxy) is 1. The first-order chi connectivity index (χ1) is 11.2. The van der Waals surface area contributed by atoms with Crippen molar-refractivity contribution in [3.63, 3.8) is 0 Å². The Labute approximate surface area is 140 Å². The highest BCUT2D eigenvalue weighted by Gasteiger charge is 2.28. The topological polar surface area (TPSA) is 66.8 Å². The molecule has 0 aromatic heterocycles. The number of hydrogen-bond donors (Lipinski definition) is 1. The number of aliphatic carboxylic acids is 1. The van der Waals surface area contributed by atoms with Crippen molar-refractivity contribution in [3.8, 4) is 0 Å². The zero-order valence-electron chi connectivity index (χ0n) is 14.1. The lowest BCUT2D eigenvalue weighted by molar-refractivity contribution is -0.135. The van der Waals surface area contributed by atoms with Crippen molar-refractivity contribution in [2.45, 2.75) is 39.2 Å². The molecule has 1 saturated heterocycles. The summed E-state index contributed by atoms with van der Waals surface area (Å²) < 4.78 is 18.5. The number of carboxylic acids is 1. The second-order valence-corrected chi connectivity index (χ2v) is 6.81. The zero-order chi connectivity index (χ0) is 17.9. The van der Waals surface area contributed by atoms with Crippen LogP contribution < -0.4 is 0 Å². The largest absolute Gasteiger partial charge is 0.481 e. The molecule has 1 amide bonds. The summed E-state index contributed by atoms with van der Waals surface area (Å²) in [7, 11) is 0. The van der Waals surface area contributed by atoms with Crippen LogP contribution in [0, 0.1) is 5.82 Å². The summed E-state index contributed by atoms with van der Waals surface area (Å²) in [5.41, 5.74) is 1.59. The number of carbonyl (C=O) groups excluding carboxylic acids is 1. The fraction of sp³-hybridized carbons (Fsp3) is 0.444. The Kier molecular flexibility index (Phi) is 5.26. The first-order valence-electron chi connectivity index (χ1n) is 7.82. The van der Waals surface area contributed by atoms with E-state index in [0.29, 0.717) is 30.6 Å². The Morgan fingerprint density at radius 2 is 1.88 bits per heavy atom. The lowest BCUT2D eigenvalue weighted by Gasteiger charge is -2.24. The summed E-state index contributed by atoms with van der Waals surface area (Å²) in [5, 5.41) is 9.17. The number of amides is 1. The van der Waals surface area contributed by atoms with Crippen LogP contribution in [0.3, 0.4) is 0 Å². The van der Waals surface area contributed by atoms with E-state index in [-0.39, 0.29) is 12.2 Å². The van der Waals surface area contributed by atoms with Crippen LogP contribution in [0.2, 0.25) is 0 Å². The van der Waals surface area contributed by atoms with Crippen LogP contribution in [0.15, 0.2) is 29.8 Å².